The Hall–Kier alpha value is -1.84. The van der Waals surface area contributed by atoms with Crippen LogP contribution in [-0.4, -0.2) is 34.9 Å². The van der Waals surface area contributed by atoms with Crippen molar-refractivity contribution < 1.29 is 8.42 Å². The van der Waals surface area contributed by atoms with Gasteiger partial charge in [0, 0.05) is 24.8 Å². The molecule has 1 heterocycles. The van der Waals surface area contributed by atoms with Gasteiger partial charge < -0.3 is 5.73 Å². The summed E-state index contributed by atoms with van der Waals surface area (Å²) in [6, 6.07) is 6.39. The fourth-order valence-electron chi connectivity index (χ4n) is 1.78. The molecule has 0 atom stereocenters. The number of thiocarbonyl (C=S) groups is 1. The second kappa shape index (κ2) is 6.74. The van der Waals surface area contributed by atoms with Crippen LogP contribution >= 0.6 is 12.2 Å². The zero-order valence-electron chi connectivity index (χ0n) is 11.1. The van der Waals surface area contributed by atoms with Crippen molar-refractivity contribution in [1.82, 2.24) is 19.7 Å². The summed E-state index contributed by atoms with van der Waals surface area (Å²) in [5, 5.41) is 7.48. The van der Waals surface area contributed by atoms with Crippen molar-refractivity contribution in [3.63, 3.8) is 0 Å². The molecule has 0 aliphatic heterocycles. The first-order valence-electron chi connectivity index (χ1n) is 6.23. The van der Waals surface area contributed by atoms with Gasteiger partial charge in [0.15, 0.2) is 0 Å². The zero-order chi connectivity index (χ0) is 15.3. The van der Waals surface area contributed by atoms with E-state index in [4.69, 9.17) is 18.0 Å². The van der Waals surface area contributed by atoms with Gasteiger partial charge in [-0.1, -0.05) is 35.6 Å². The van der Waals surface area contributed by atoms with Gasteiger partial charge in [0.1, 0.15) is 4.99 Å². The number of sulfonamides is 1. The Morgan fingerprint density at radius 2 is 2.14 bits per heavy atom. The Kier molecular flexibility index (Phi) is 4.99. The Balaban J connectivity index is 2.00. The summed E-state index contributed by atoms with van der Waals surface area (Å²) in [4.78, 5) is 0.150. The quantitative estimate of drug-likeness (QED) is 0.560. The third-order valence-electron chi connectivity index (χ3n) is 2.77. The molecule has 7 nitrogen and oxygen atoms in total. The smallest absolute Gasteiger partial charge is 0.241 e. The summed E-state index contributed by atoms with van der Waals surface area (Å²) in [6.07, 6.45) is 3.89. The minimum absolute atomic E-state index is 0.0543. The van der Waals surface area contributed by atoms with Crippen LogP contribution in [-0.2, 0) is 16.6 Å². The van der Waals surface area contributed by atoms with E-state index < -0.39 is 10.0 Å². The van der Waals surface area contributed by atoms with Crippen LogP contribution in [0.2, 0.25) is 0 Å². The normalized spacial score (nSPS) is 11.4. The second-order valence-electron chi connectivity index (χ2n) is 4.28. The Bertz CT molecular complexity index is 713. The molecule has 0 bridgehead atoms. The molecule has 21 heavy (non-hydrogen) atoms. The lowest BCUT2D eigenvalue weighted by Crippen LogP contribution is -2.28. The van der Waals surface area contributed by atoms with Gasteiger partial charge in [-0.15, -0.1) is 5.10 Å². The summed E-state index contributed by atoms with van der Waals surface area (Å²) >= 11 is 4.87. The minimum Gasteiger partial charge on any atom is -0.389 e. The number of aromatic nitrogens is 3. The SMILES string of the molecule is NC(=S)c1ccccc1S(=O)(=O)NCCCn1ccnn1. The number of nitrogens with one attached hydrogen (secondary N) is 1. The van der Waals surface area contributed by atoms with Crippen LogP contribution in [0.1, 0.15) is 12.0 Å². The van der Waals surface area contributed by atoms with Crippen LogP contribution in [0, 0.1) is 0 Å². The molecule has 0 saturated heterocycles. The molecule has 0 unspecified atom stereocenters. The molecule has 0 aliphatic rings. The number of hydrogen-bond acceptors (Lipinski definition) is 5. The monoisotopic (exact) mass is 325 g/mol. The van der Waals surface area contributed by atoms with E-state index in [0.29, 0.717) is 18.5 Å². The summed E-state index contributed by atoms with van der Waals surface area (Å²) in [7, 11) is -3.64. The van der Waals surface area contributed by atoms with E-state index in [1.807, 2.05) is 0 Å². The first-order valence-corrected chi connectivity index (χ1v) is 8.12. The van der Waals surface area contributed by atoms with Crippen molar-refractivity contribution in [2.75, 3.05) is 6.54 Å². The molecule has 1 aromatic carbocycles. The van der Waals surface area contributed by atoms with Gasteiger partial charge in [-0.05, 0) is 12.5 Å². The largest absolute Gasteiger partial charge is 0.389 e. The molecule has 0 aliphatic carbocycles. The standard InChI is InChI=1S/C12H15N5O2S2/c13-12(20)10-4-1-2-5-11(10)21(18,19)15-6-3-8-17-9-7-14-16-17/h1-2,4-5,7,9,15H,3,6,8H2,(H2,13,20). The molecular weight excluding hydrogens is 310 g/mol. The van der Waals surface area contributed by atoms with Crippen LogP contribution in [0.25, 0.3) is 0 Å². The lowest BCUT2D eigenvalue weighted by Gasteiger charge is -2.10. The maximum Gasteiger partial charge on any atom is 0.241 e. The topological polar surface area (TPSA) is 103 Å². The Labute approximate surface area is 128 Å². The van der Waals surface area contributed by atoms with Crippen molar-refractivity contribution >= 4 is 27.2 Å². The maximum atomic E-state index is 12.3. The van der Waals surface area contributed by atoms with E-state index in [1.54, 1.807) is 35.3 Å². The number of nitrogens with two attached hydrogens (primary N) is 1. The Morgan fingerprint density at radius 1 is 1.38 bits per heavy atom. The highest BCUT2D eigenvalue weighted by molar-refractivity contribution is 7.89. The molecule has 2 rings (SSSR count). The van der Waals surface area contributed by atoms with Crippen LogP contribution < -0.4 is 10.5 Å². The minimum atomic E-state index is -3.64. The van der Waals surface area contributed by atoms with Gasteiger partial charge in [0.25, 0.3) is 0 Å². The molecule has 0 spiro atoms. The van der Waals surface area contributed by atoms with Crippen molar-refractivity contribution in [3.8, 4) is 0 Å². The molecule has 2 aromatic rings. The first-order chi connectivity index (χ1) is 10.0. The highest BCUT2D eigenvalue weighted by Gasteiger charge is 2.18. The molecule has 0 saturated carbocycles. The molecular formula is C12H15N5O2S2. The van der Waals surface area contributed by atoms with Crippen LogP contribution in [0.15, 0.2) is 41.6 Å². The van der Waals surface area contributed by atoms with Gasteiger partial charge in [-0.3, -0.25) is 4.68 Å². The van der Waals surface area contributed by atoms with Crippen LogP contribution in [0.4, 0.5) is 0 Å². The van der Waals surface area contributed by atoms with E-state index in [2.05, 4.69) is 15.0 Å². The number of hydrogen-bond donors (Lipinski definition) is 2. The van der Waals surface area contributed by atoms with E-state index >= 15 is 0 Å². The molecule has 0 radical (unpaired) electrons. The fraction of sp³-hybridized carbons (Fsp3) is 0.250. The predicted octanol–water partition coefficient (Wildman–Crippen LogP) is 0.281. The zero-order valence-corrected chi connectivity index (χ0v) is 12.8. The van der Waals surface area contributed by atoms with Gasteiger partial charge >= 0.3 is 0 Å². The average molecular weight is 325 g/mol. The first kappa shape index (κ1) is 15.5. The van der Waals surface area contributed by atoms with Gasteiger partial charge in [-0.2, -0.15) is 0 Å². The number of rotatable bonds is 7. The van der Waals surface area contributed by atoms with E-state index in [-0.39, 0.29) is 16.4 Å². The molecule has 9 heteroatoms. The molecule has 3 N–H and O–H groups in total. The highest BCUT2D eigenvalue weighted by Crippen LogP contribution is 2.15. The summed E-state index contributed by atoms with van der Waals surface area (Å²) in [5.41, 5.74) is 5.89. The third kappa shape index (κ3) is 4.06. The van der Waals surface area contributed by atoms with E-state index in [0.717, 1.165) is 0 Å². The van der Waals surface area contributed by atoms with Gasteiger partial charge in [0.05, 0.1) is 11.1 Å². The molecule has 112 valence electrons. The summed E-state index contributed by atoms with van der Waals surface area (Å²) < 4.78 is 28.7. The van der Waals surface area contributed by atoms with Crippen LogP contribution in [0.3, 0.4) is 0 Å². The lowest BCUT2D eigenvalue weighted by molar-refractivity contribution is 0.542. The fourth-order valence-corrected chi connectivity index (χ4v) is 3.32. The third-order valence-corrected chi connectivity index (χ3v) is 4.51. The summed E-state index contributed by atoms with van der Waals surface area (Å²) in [6.45, 7) is 0.868. The van der Waals surface area contributed by atoms with Crippen molar-refractivity contribution in [1.29, 1.82) is 0 Å². The van der Waals surface area contributed by atoms with Crippen molar-refractivity contribution in [2.24, 2.45) is 5.73 Å². The Morgan fingerprint density at radius 3 is 2.81 bits per heavy atom. The summed E-state index contributed by atoms with van der Waals surface area (Å²) in [5.74, 6) is 0. The lowest BCUT2D eigenvalue weighted by atomic mass is 10.2. The maximum absolute atomic E-state index is 12.3. The predicted molar refractivity (Wildman–Crippen MR) is 82.2 cm³/mol. The van der Waals surface area contributed by atoms with Gasteiger partial charge in [-0.25, -0.2) is 13.1 Å². The van der Waals surface area contributed by atoms with Crippen LogP contribution in [0.5, 0.6) is 0 Å². The van der Waals surface area contributed by atoms with E-state index in [9.17, 15) is 8.42 Å². The molecule has 0 fully saturated rings. The second-order valence-corrected chi connectivity index (χ2v) is 6.45. The average Bonchev–Trinajstić information content (AvgIpc) is 2.97. The molecule has 1 aromatic heterocycles. The van der Waals surface area contributed by atoms with Crippen molar-refractivity contribution in [3.05, 3.63) is 42.2 Å². The number of aryl methyl sites for hydroxylation is 1. The van der Waals surface area contributed by atoms with Gasteiger partial charge in [0.2, 0.25) is 10.0 Å². The number of benzene rings is 1. The molecule has 0 amide bonds. The number of nitrogens with zero attached hydrogens (tertiary/aromatic N) is 3. The highest BCUT2D eigenvalue weighted by atomic mass is 32.2. The van der Waals surface area contributed by atoms with E-state index in [1.165, 1.54) is 6.07 Å². The van der Waals surface area contributed by atoms with Crippen molar-refractivity contribution in [2.45, 2.75) is 17.9 Å².